The van der Waals surface area contributed by atoms with Crippen molar-refractivity contribution in [3.05, 3.63) is 36.2 Å². The van der Waals surface area contributed by atoms with Crippen LogP contribution in [0.3, 0.4) is 0 Å². The highest BCUT2D eigenvalue weighted by Crippen LogP contribution is 2.21. The maximum absolute atomic E-state index is 9.19. The first-order valence-corrected chi connectivity index (χ1v) is 5.68. The summed E-state index contributed by atoms with van der Waals surface area (Å²) in [5.74, 6) is 0.846. The van der Waals surface area contributed by atoms with Gasteiger partial charge in [0, 0.05) is 5.56 Å². The first-order valence-electron chi connectivity index (χ1n) is 5.68. The van der Waals surface area contributed by atoms with Crippen LogP contribution in [-0.2, 0) is 6.42 Å². The van der Waals surface area contributed by atoms with E-state index in [0.29, 0.717) is 5.89 Å². The smallest absolute Gasteiger partial charge is 0.226 e. The summed E-state index contributed by atoms with van der Waals surface area (Å²) in [5.41, 5.74) is 1.84. The summed E-state index contributed by atoms with van der Waals surface area (Å²) >= 11 is 0. The van der Waals surface area contributed by atoms with Crippen LogP contribution in [0.4, 0.5) is 0 Å². The van der Waals surface area contributed by atoms with Gasteiger partial charge < -0.3 is 14.8 Å². The van der Waals surface area contributed by atoms with Gasteiger partial charge in [0.25, 0.3) is 0 Å². The van der Waals surface area contributed by atoms with Gasteiger partial charge in [-0.1, -0.05) is 0 Å². The van der Waals surface area contributed by atoms with Crippen LogP contribution in [0, 0.1) is 0 Å². The summed E-state index contributed by atoms with van der Waals surface area (Å²) in [5, 5.41) is 12.3. The lowest BCUT2D eigenvalue weighted by Crippen LogP contribution is -2.08. The molecule has 0 spiro atoms. The predicted octanol–water partition coefficient (Wildman–Crippen LogP) is 2.20. The molecule has 0 aliphatic rings. The molecule has 4 heteroatoms. The van der Waals surface area contributed by atoms with Crippen molar-refractivity contribution in [2.45, 2.75) is 12.8 Å². The summed E-state index contributed by atoms with van der Waals surface area (Å²) in [6, 6.07) is 6.83. The van der Waals surface area contributed by atoms with Crippen molar-refractivity contribution in [2.75, 3.05) is 13.6 Å². The molecule has 0 saturated heterocycles. The zero-order valence-corrected chi connectivity index (χ0v) is 9.81. The zero-order chi connectivity index (χ0) is 12.1. The number of hydrogen-bond donors (Lipinski definition) is 2. The van der Waals surface area contributed by atoms with Crippen LogP contribution < -0.4 is 5.32 Å². The van der Waals surface area contributed by atoms with Crippen LogP contribution in [0.1, 0.15) is 12.1 Å². The third-order valence-electron chi connectivity index (χ3n) is 2.53. The maximum Gasteiger partial charge on any atom is 0.226 e. The number of hydrogen-bond acceptors (Lipinski definition) is 4. The monoisotopic (exact) mass is 232 g/mol. The second-order valence-electron chi connectivity index (χ2n) is 3.90. The van der Waals surface area contributed by atoms with Crippen LogP contribution in [-0.4, -0.2) is 23.7 Å². The van der Waals surface area contributed by atoms with Crippen molar-refractivity contribution in [3.8, 4) is 17.2 Å². The number of benzene rings is 1. The van der Waals surface area contributed by atoms with E-state index in [1.54, 1.807) is 30.5 Å². The Morgan fingerprint density at radius 2 is 2.06 bits per heavy atom. The lowest BCUT2D eigenvalue weighted by molar-refractivity contribution is 0.475. The molecule has 0 bridgehead atoms. The van der Waals surface area contributed by atoms with Gasteiger partial charge >= 0.3 is 0 Å². The molecule has 1 aromatic heterocycles. The molecule has 0 aliphatic heterocycles. The minimum absolute atomic E-state index is 0.245. The van der Waals surface area contributed by atoms with E-state index < -0.39 is 0 Å². The second kappa shape index (κ2) is 5.50. The number of aromatic nitrogens is 1. The normalized spacial score (nSPS) is 10.6. The van der Waals surface area contributed by atoms with Crippen molar-refractivity contribution in [2.24, 2.45) is 0 Å². The van der Waals surface area contributed by atoms with Gasteiger partial charge in [-0.25, -0.2) is 4.98 Å². The Morgan fingerprint density at radius 3 is 2.76 bits per heavy atom. The minimum Gasteiger partial charge on any atom is -0.508 e. The lowest BCUT2D eigenvalue weighted by atomic mass is 10.2. The molecule has 0 radical (unpaired) electrons. The molecule has 1 heterocycles. The van der Waals surface area contributed by atoms with E-state index in [1.807, 2.05) is 7.05 Å². The third kappa shape index (κ3) is 3.07. The summed E-state index contributed by atoms with van der Waals surface area (Å²) in [6.45, 7) is 0.974. The van der Waals surface area contributed by atoms with E-state index in [4.69, 9.17) is 4.42 Å². The van der Waals surface area contributed by atoms with Gasteiger partial charge in [0.15, 0.2) is 0 Å². The first kappa shape index (κ1) is 11.7. The standard InChI is InChI=1S/C13H16N2O2/c1-14-8-2-3-11-9-17-13(15-11)10-4-6-12(16)7-5-10/h4-7,9,14,16H,2-3,8H2,1H3. The number of oxazole rings is 1. The minimum atomic E-state index is 0.245. The van der Waals surface area contributed by atoms with Gasteiger partial charge in [0.1, 0.15) is 12.0 Å². The van der Waals surface area contributed by atoms with E-state index >= 15 is 0 Å². The zero-order valence-electron chi connectivity index (χ0n) is 9.81. The fourth-order valence-electron chi connectivity index (χ4n) is 1.60. The molecule has 0 unspecified atom stereocenters. The van der Waals surface area contributed by atoms with Crippen molar-refractivity contribution >= 4 is 0 Å². The van der Waals surface area contributed by atoms with Crippen LogP contribution in [0.5, 0.6) is 5.75 Å². The largest absolute Gasteiger partial charge is 0.508 e. The van der Waals surface area contributed by atoms with Crippen LogP contribution in [0.25, 0.3) is 11.5 Å². The van der Waals surface area contributed by atoms with Crippen LogP contribution in [0.2, 0.25) is 0 Å². The van der Waals surface area contributed by atoms with Crippen LogP contribution in [0.15, 0.2) is 34.9 Å². The van der Waals surface area contributed by atoms with Crippen molar-refractivity contribution < 1.29 is 9.52 Å². The van der Waals surface area contributed by atoms with Gasteiger partial charge in [-0.3, -0.25) is 0 Å². The quantitative estimate of drug-likeness (QED) is 0.776. The third-order valence-corrected chi connectivity index (χ3v) is 2.53. The first-order chi connectivity index (χ1) is 8.29. The highest BCUT2D eigenvalue weighted by molar-refractivity contribution is 5.54. The van der Waals surface area contributed by atoms with Crippen LogP contribution >= 0.6 is 0 Å². The fraction of sp³-hybridized carbons (Fsp3) is 0.308. The number of phenols is 1. The molecule has 0 saturated carbocycles. The molecule has 2 aromatic rings. The number of phenolic OH excluding ortho intramolecular Hbond substituents is 1. The molecule has 17 heavy (non-hydrogen) atoms. The Kier molecular flexibility index (Phi) is 3.77. The second-order valence-corrected chi connectivity index (χ2v) is 3.90. The summed E-state index contributed by atoms with van der Waals surface area (Å²) in [7, 11) is 1.94. The number of nitrogens with zero attached hydrogens (tertiary/aromatic N) is 1. The molecule has 0 fully saturated rings. The fourth-order valence-corrected chi connectivity index (χ4v) is 1.60. The van der Waals surface area contributed by atoms with E-state index in [9.17, 15) is 5.11 Å². The molecule has 90 valence electrons. The number of aromatic hydroxyl groups is 1. The Morgan fingerprint density at radius 1 is 1.29 bits per heavy atom. The van der Waals surface area contributed by atoms with Gasteiger partial charge in [-0.15, -0.1) is 0 Å². The molecule has 2 rings (SSSR count). The molecule has 1 aromatic carbocycles. The molecule has 0 atom stereocenters. The highest BCUT2D eigenvalue weighted by Gasteiger charge is 2.06. The molecule has 2 N–H and O–H groups in total. The SMILES string of the molecule is CNCCCc1coc(-c2ccc(O)cc2)n1. The van der Waals surface area contributed by atoms with E-state index in [-0.39, 0.29) is 5.75 Å². The number of aryl methyl sites for hydroxylation is 1. The Labute approximate surface area is 100 Å². The Hall–Kier alpha value is -1.81. The van der Waals surface area contributed by atoms with Crippen molar-refractivity contribution in [3.63, 3.8) is 0 Å². The maximum atomic E-state index is 9.19. The number of rotatable bonds is 5. The Bertz CT molecular complexity index is 463. The van der Waals surface area contributed by atoms with Gasteiger partial charge in [-0.2, -0.15) is 0 Å². The topological polar surface area (TPSA) is 58.3 Å². The molecule has 0 aliphatic carbocycles. The average Bonchev–Trinajstić information content (AvgIpc) is 2.79. The Balaban J connectivity index is 2.04. The van der Waals surface area contributed by atoms with Crippen molar-refractivity contribution in [1.29, 1.82) is 0 Å². The van der Waals surface area contributed by atoms with E-state index in [1.165, 1.54) is 0 Å². The molecular weight excluding hydrogens is 216 g/mol. The van der Waals surface area contributed by atoms with Gasteiger partial charge in [-0.05, 0) is 50.7 Å². The number of nitrogens with one attached hydrogen (secondary N) is 1. The van der Waals surface area contributed by atoms with Crippen molar-refractivity contribution in [1.82, 2.24) is 10.3 Å². The highest BCUT2D eigenvalue weighted by atomic mass is 16.3. The summed E-state index contributed by atoms with van der Waals surface area (Å²) < 4.78 is 5.41. The van der Waals surface area contributed by atoms with Gasteiger partial charge in [0.2, 0.25) is 5.89 Å². The molecular formula is C13H16N2O2. The average molecular weight is 232 g/mol. The van der Waals surface area contributed by atoms with E-state index in [0.717, 1.165) is 30.6 Å². The predicted molar refractivity (Wildman–Crippen MR) is 65.9 cm³/mol. The summed E-state index contributed by atoms with van der Waals surface area (Å²) in [4.78, 5) is 4.41. The lowest BCUT2D eigenvalue weighted by Gasteiger charge is -1.96. The summed E-state index contributed by atoms with van der Waals surface area (Å²) in [6.07, 6.45) is 3.64. The van der Waals surface area contributed by atoms with E-state index in [2.05, 4.69) is 10.3 Å². The molecule has 4 nitrogen and oxygen atoms in total. The van der Waals surface area contributed by atoms with Gasteiger partial charge in [0.05, 0.1) is 5.69 Å². The molecule has 0 amide bonds.